The number of aryl methyl sites for hydroxylation is 1. The predicted molar refractivity (Wildman–Crippen MR) is 77.9 cm³/mol. The van der Waals surface area contributed by atoms with Crippen molar-refractivity contribution in [3.8, 4) is 0 Å². The molecule has 1 amide bonds. The predicted octanol–water partition coefficient (Wildman–Crippen LogP) is 2.80. The van der Waals surface area contributed by atoms with Crippen molar-refractivity contribution in [2.45, 2.75) is 6.92 Å². The van der Waals surface area contributed by atoms with E-state index in [0.717, 1.165) is 4.88 Å². The monoisotopic (exact) mass is 288 g/mol. The Balaban J connectivity index is 1.97. The van der Waals surface area contributed by atoms with Gasteiger partial charge in [0.05, 0.1) is 11.9 Å². The number of pyridine rings is 1. The van der Waals surface area contributed by atoms with Gasteiger partial charge in [0.2, 0.25) is 5.91 Å². The van der Waals surface area contributed by atoms with Crippen LogP contribution in [0.3, 0.4) is 0 Å². The minimum absolute atomic E-state index is 0.0624. The van der Waals surface area contributed by atoms with Crippen LogP contribution < -0.4 is 5.32 Å². The molecule has 0 saturated heterocycles. The number of anilines is 1. The molecule has 102 valence electrons. The van der Waals surface area contributed by atoms with Gasteiger partial charge in [0.15, 0.2) is 0 Å². The zero-order chi connectivity index (χ0) is 14.5. The van der Waals surface area contributed by atoms with Crippen LogP contribution in [0.2, 0.25) is 0 Å². The standard InChI is InChI=1S/C14H12N2O3S/c1-9-2-4-11(20-9)5-7-13(17)16-10-3-6-12(14(18)19)15-8-10/h2-8H,1H3,(H,16,17)(H,18,19)/b7-5+. The molecule has 20 heavy (non-hydrogen) atoms. The minimum atomic E-state index is -1.10. The number of nitrogens with zero attached hydrogens (tertiary/aromatic N) is 1. The zero-order valence-corrected chi connectivity index (χ0v) is 11.5. The molecule has 0 bridgehead atoms. The molecule has 2 rings (SSSR count). The van der Waals surface area contributed by atoms with E-state index < -0.39 is 5.97 Å². The van der Waals surface area contributed by atoms with Crippen molar-refractivity contribution in [1.82, 2.24) is 4.98 Å². The van der Waals surface area contributed by atoms with Crippen molar-refractivity contribution < 1.29 is 14.7 Å². The molecule has 0 fully saturated rings. The maximum Gasteiger partial charge on any atom is 0.354 e. The molecule has 0 radical (unpaired) electrons. The number of amides is 1. The average Bonchev–Trinajstić information content (AvgIpc) is 2.83. The van der Waals surface area contributed by atoms with E-state index in [-0.39, 0.29) is 11.6 Å². The number of carbonyl (C=O) groups is 2. The third-order valence-corrected chi connectivity index (χ3v) is 3.38. The van der Waals surface area contributed by atoms with Crippen LogP contribution in [0.15, 0.2) is 36.5 Å². The van der Waals surface area contributed by atoms with Crippen molar-refractivity contribution in [3.63, 3.8) is 0 Å². The summed E-state index contributed by atoms with van der Waals surface area (Å²) in [5.74, 6) is -1.39. The van der Waals surface area contributed by atoms with E-state index in [0.29, 0.717) is 5.69 Å². The Morgan fingerprint density at radius 1 is 1.30 bits per heavy atom. The number of rotatable bonds is 4. The third kappa shape index (κ3) is 3.76. The van der Waals surface area contributed by atoms with E-state index in [4.69, 9.17) is 5.11 Å². The van der Waals surface area contributed by atoms with E-state index in [2.05, 4.69) is 10.3 Å². The van der Waals surface area contributed by atoms with Crippen LogP contribution in [0.4, 0.5) is 5.69 Å². The van der Waals surface area contributed by atoms with Crippen molar-refractivity contribution in [3.05, 3.63) is 52.0 Å². The van der Waals surface area contributed by atoms with E-state index >= 15 is 0 Å². The lowest BCUT2D eigenvalue weighted by atomic mass is 10.3. The van der Waals surface area contributed by atoms with Crippen molar-refractivity contribution in [2.24, 2.45) is 0 Å². The Bertz CT molecular complexity index is 659. The van der Waals surface area contributed by atoms with E-state index in [1.54, 1.807) is 17.4 Å². The summed E-state index contributed by atoms with van der Waals surface area (Å²) < 4.78 is 0. The van der Waals surface area contributed by atoms with Gasteiger partial charge in [-0.15, -0.1) is 11.3 Å². The molecule has 0 unspecified atom stereocenters. The molecular weight excluding hydrogens is 276 g/mol. The van der Waals surface area contributed by atoms with Crippen LogP contribution in [0.5, 0.6) is 0 Å². The molecule has 0 saturated carbocycles. The number of aromatic carboxylic acids is 1. The van der Waals surface area contributed by atoms with E-state index in [1.165, 1.54) is 29.3 Å². The summed E-state index contributed by atoms with van der Waals surface area (Å²) in [5.41, 5.74) is 0.389. The number of aromatic nitrogens is 1. The molecule has 5 nitrogen and oxygen atoms in total. The first-order valence-electron chi connectivity index (χ1n) is 5.79. The van der Waals surface area contributed by atoms with Crippen LogP contribution >= 0.6 is 11.3 Å². The summed E-state index contributed by atoms with van der Waals surface area (Å²) in [6.45, 7) is 2.00. The highest BCUT2D eigenvalue weighted by molar-refractivity contribution is 7.12. The summed E-state index contributed by atoms with van der Waals surface area (Å²) in [6.07, 6.45) is 4.47. The average molecular weight is 288 g/mol. The highest BCUT2D eigenvalue weighted by atomic mass is 32.1. The van der Waals surface area contributed by atoms with E-state index in [1.807, 2.05) is 19.1 Å². The van der Waals surface area contributed by atoms with Crippen LogP contribution in [-0.2, 0) is 4.79 Å². The lowest BCUT2D eigenvalue weighted by Crippen LogP contribution is -2.08. The van der Waals surface area contributed by atoms with Gasteiger partial charge in [0.1, 0.15) is 5.69 Å². The summed E-state index contributed by atoms with van der Waals surface area (Å²) in [4.78, 5) is 28.2. The van der Waals surface area contributed by atoms with Gasteiger partial charge in [-0.2, -0.15) is 0 Å². The number of nitrogens with one attached hydrogen (secondary N) is 1. The lowest BCUT2D eigenvalue weighted by Gasteiger charge is -2.01. The maximum atomic E-state index is 11.7. The second kappa shape index (κ2) is 6.12. The van der Waals surface area contributed by atoms with Crippen molar-refractivity contribution >= 4 is 35.0 Å². The molecule has 2 N–H and O–H groups in total. The molecule has 0 atom stereocenters. The first-order valence-corrected chi connectivity index (χ1v) is 6.61. The molecule has 6 heteroatoms. The Hall–Kier alpha value is -2.47. The highest BCUT2D eigenvalue weighted by Gasteiger charge is 2.04. The lowest BCUT2D eigenvalue weighted by molar-refractivity contribution is -0.111. The summed E-state index contributed by atoms with van der Waals surface area (Å²) in [5, 5.41) is 11.3. The van der Waals surface area contributed by atoms with Crippen molar-refractivity contribution in [1.29, 1.82) is 0 Å². The number of thiophene rings is 1. The molecule has 2 aromatic heterocycles. The molecule has 0 spiro atoms. The molecular formula is C14H12N2O3S. The molecule has 0 aliphatic rings. The van der Waals surface area contributed by atoms with Gasteiger partial charge in [-0.3, -0.25) is 4.79 Å². The summed E-state index contributed by atoms with van der Waals surface area (Å²) in [6, 6.07) is 6.76. The molecule has 0 aliphatic carbocycles. The van der Waals surface area contributed by atoms with E-state index in [9.17, 15) is 9.59 Å². The molecule has 2 aromatic rings. The summed E-state index contributed by atoms with van der Waals surface area (Å²) >= 11 is 1.60. The zero-order valence-electron chi connectivity index (χ0n) is 10.7. The van der Waals surface area contributed by atoms with Gasteiger partial charge >= 0.3 is 5.97 Å². The molecule has 0 aromatic carbocycles. The molecule has 0 aliphatic heterocycles. The number of carbonyl (C=O) groups excluding carboxylic acids is 1. The Morgan fingerprint density at radius 3 is 2.65 bits per heavy atom. The number of hydrogen-bond donors (Lipinski definition) is 2. The Kier molecular flexibility index (Phi) is 4.27. The van der Waals surface area contributed by atoms with Crippen LogP contribution in [0, 0.1) is 6.92 Å². The van der Waals surface area contributed by atoms with Gasteiger partial charge in [-0.25, -0.2) is 9.78 Å². The topological polar surface area (TPSA) is 79.3 Å². The second-order valence-electron chi connectivity index (χ2n) is 4.01. The van der Waals surface area contributed by atoms with Crippen LogP contribution in [0.1, 0.15) is 20.2 Å². The van der Waals surface area contributed by atoms with Gasteiger partial charge in [-0.1, -0.05) is 0 Å². The van der Waals surface area contributed by atoms with Crippen molar-refractivity contribution in [2.75, 3.05) is 5.32 Å². The fourth-order valence-corrected chi connectivity index (χ4v) is 2.26. The van der Waals surface area contributed by atoms with Gasteiger partial charge in [0.25, 0.3) is 0 Å². The SMILES string of the molecule is Cc1ccc(/C=C/C(=O)Nc2ccc(C(=O)O)nc2)s1. The van der Waals surface area contributed by atoms with Gasteiger partial charge in [0, 0.05) is 15.8 Å². The Labute approximate surface area is 119 Å². The second-order valence-corrected chi connectivity index (χ2v) is 5.33. The fourth-order valence-electron chi connectivity index (χ4n) is 1.48. The van der Waals surface area contributed by atoms with Gasteiger partial charge < -0.3 is 10.4 Å². The number of carboxylic acid groups (broad SMARTS) is 1. The normalized spacial score (nSPS) is 10.7. The fraction of sp³-hybridized carbons (Fsp3) is 0.0714. The molecule has 2 heterocycles. The van der Waals surface area contributed by atoms with Crippen LogP contribution in [-0.4, -0.2) is 22.0 Å². The maximum absolute atomic E-state index is 11.7. The first-order chi connectivity index (χ1) is 9.54. The van der Waals surface area contributed by atoms with Gasteiger partial charge in [-0.05, 0) is 37.3 Å². The Morgan fingerprint density at radius 2 is 2.10 bits per heavy atom. The smallest absolute Gasteiger partial charge is 0.354 e. The first kappa shape index (κ1) is 14.0. The number of hydrogen-bond acceptors (Lipinski definition) is 4. The largest absolute Gasteiger partial charge is 0.477 e. The van der Waals surface area contributed by atoms with Crippen LogP contribution in [0.25, 0.3) is 6.08 Å². The quantitative estimate of drug-likeness (QED) is 0.848. The number of carboxylic acids is 1. The third-order valence-electron chi connectivity index (χ3n) is 2.41. The highest BCUT2D eigenvalue weighted by Crippen LogP contribution is 2.16. The summed E-state index contributed by atoms with van der Waals surface area (Å²) in [7, 11) is 0. The minimum Gasteiger partial charge on any atom is -0.477 e.